The quantitative estimate of drug-likeness (QED) is 0.386. The molecule has 0 saturated heterocycles. The van der Waals surface area contributed by atoms with E-state index in [1.807, 2.05) is 19.1 Å². The first-order chi connectivity index (χ1) is 11.7. The maximum Gasteiger partial charge on any atom is 0.225 e. The number of nitrogens with one attached hydrogen (secondary N) is 1. The minimum atomic E-state index is -1.12. The average Bonchev–Trinajstić information content (AvgIpc) is 2.81. The fourth-order valence-electron chi connectivity index (χ4n) is 2.31. The number of rotatable bonds is 8. The van der Waals surface area contributed by atoms with E-state index in [4.69, 9.17) is 4.74 Å². The summed E-state index contributed by atoms with van der Waals surface area (Å²) in [5.41, 5.74) is 0.926. The third-order valence-corrected chi connectivity index (χ3v) is 7.29. The van der Waals surface area contributed by atoms with Crippen molar-refractivity contribution in [3.8, 4) is 0 Å². The average molecular weight is 491 g/mol. The van der Waals surface area contributed by atoms with Gasteiger partial charge in [0.1, 0.15) is 6.73 Å². The molecule has 1 aromatic heterocycles. The molecule has 0 saturated carbocycles. The largest absolute Gasteiger partial charge is 0.360 e. The summed E-state index contributed by atoms with van der Waals surface area (Å²) < 4.78 is 9.50. The number of ether oxygens (including phenoxy) is 1. The van der Waals surface area contributed by atoms with Crippen LogP contribution in [-0.2, 0) is 16.3 Å². The number of fused-ring (bicyclic) bond motifs is 1. The summed E-state index contributed by atoms with van der Waals surface area (Å²) in [5, 5.41) is 8.37. The van der Waals surface area contributed by atoms with E-state index in [9.17, 15) is 4.79 Å². The molecule has 5 nitrogen and oxygen atoms in total. The Labute approximate surface area is 166 Å². The van der Waals surface area contributed by atoms with Gasteiger partial charge in [0, 0.05) is 35.4 Å². The van der Waals surface area contributed by atoms with Gasteiger partial charge in [-0.15, -0.1) is 0 Å². The first kappa shape index (κ1) is 20.6. The summed E-state index contributed by atoms with van der Waals surface area (Å²) >= 11 is 7.05. The minimum Gasteiger partial charge on any atom is -0.360 e. The molecule has 0 spiro atoms. The van der Waals surface area contributed by atoms with Crippen molar-refractivity contribution in [1.29, 1.82) is 0 Å². The second-order valence-electron chi connectivity index (χ2n) is 7.28. The monoisotopic (exact) mass is 489 g/mol. The SMILES string of the molecule is CCCC(=O)Nc1nn(COCC[Si](C)(C)C)c2cc(Br)c(Br)cc12. The molecule has 1 aromatic carbocycles. The number of carbonyl (C=O) groups excluding carboxylic acids is 1. The fourth-order valence-corrected chi connectivity index (χ4v) is 3.74. The molecule has 0 atom stereocenters. The van der Waals surface area contributed by atoms with Crippen molar-refractivity contribution < 1.29 is 9.53 Å². The van der Waals surface area contributed by atoms with Crippen molar-refractivity contribution in [1.82, 2.24) is 9.78 Å². The lowest BCUT2D eigenvalue weighted by molar-refractivity contribution is -0.116. The van der Waals surface area contributed by atoms with Gasteiger partial charge in [-0.3, -0.25) is 4.79 Å². The van der Waals surface area contributed by atoms with E-state index in [1.54, 1.807) is 4.68 Å². The van der Waals surface area contributed by atoms with Crippen LogP contribution in [0.2, 0.25) is 25.7 Å². The van der Waals surface area contributed by atoms with E-state index >= 15 is 0 Å². The van der Waals surface area contributed by atoms with Gasteiger partial charge in [0.05, 0.1) is 5.52 Å². The maximum absolute atomic E-state index is 12.0. The molecule has 1 heterocycles. The fraction of sp³-hybridized carbons (Fsp3) is 0.529. The molecule has 25 heavy (non-hydrogen) atoms. The highest BCUT2D eigenvalue weighted by molar-refractivity contribution is 9.13. The van der Waals surface area contributed by atoms with Crippen molar-refractivity contribution in [3.05, 3.63) is 21.1 Å². The Morgan fingerprint density at radius 2 is 1.96 bits per heavy atom. The molecule has 0 aliphatic heterocycles. The van der Waals surface area contributed by atoms with Crippen molar-refractivity contribution in [2.75, 3.05) is 11.9 Å². The maximum atomic E-state index is 12.0. The highest BCUT2D eigenvalue weighted by Gasteiger charge is 2.16. The van der Waals surface area contributed by atoms with Gasteiger partial charge < -0.3 is 10.1 Å². The molecule has 0 bridgehead atoms. The summed E-state index contributed by atoms with van der Waals surface area (Å²) in [6, 6.07) is 5.07. The van der Waals surface area contributed by atoms with Crippen molar-refractivity contribution in [2.24, 2.45) is 0 Å². The number of nitrogens with zero attached hydrogens (tertiary/aromatic N) is 2. The zero-order chi connectivity index (χ0) is 18.6. The van der Waals surface area contributed by atoms with Crippen LogP contribution in [-0.4, -0.2) is 30.4 Å². The van der Waals surface area contributed by atoms with E-state index in [2.05, 4.69) is 61.9 Å². The lowest BCUT2D eigenvalue weighted by Gasteiger charge is -2.15. The van der Waals surface area contributed by atoms with E-state index < -0.39 is 8.07 Å². The van der Waals surface area contributed by atoms with Gasteiger partial charge in [-0.05, 0) is 56.5 Å². The molecule has 8 heteroatoms. The van der Waals surface area contributed by atoms with Gasteiger partial charge in [-0.25, -0.2) is 4.68 Å². The lowest BCUT2D eigenvalue weighted by Crippen LogP contribution is -2.22. The van der Waals surface area contributed by atoms with Crippen molar-refractivity contribution in [3.63, 3.8) is 0 Å². The third-order valence-electron chi connectivity index (χ3n) is 3.74. The van der Waals surface area contributed by atoms with Crippen LogP contribution in [0.3, 0.4) is 0 Å². The Morgan fingerprint density at radius 3 is 2.60 bits per heavy atom. The Balaban J connectivity index is 2.23. The molecule has 2 rings (SSSR count). The molecular weight excluding hydrogens is 466 g/mol. The number of hydrogen-bond acceptors (Lipinski definition) is 3. The smallest absolute Gasteiger partial charge is 0.225 e. The lowest BCUT2D eigenvalue weighted by atomic mass is 10.2. The predicted octanol–water partition coefficient (Wildman–Crippen LogP) is 5.61. The second kappa shape index (κ2) is 8.79. The van der Waals surface area contributed by atoms with Crippen LogP contribution < -0.4 is 5.32 Å². The molecule has 1 N–H and O–H groups in total. The first-order valence-electron chi connectivity index (χ1n) is 8.44. The molecule has 1 amide bonds. The standard InChI is InChI=1S/C17H25Br2N3O2Si/c1-5-6-16(23)20-17-12-9-13(18)14(19)10-15(12)22(21-17)11-24-7-8-25(2,3)4/h9-10H,5-8,11H2,1-4H3,(H,20,21,23). The second-order valence-corrected chi connectivity index (χ2v) is 14.6. The van der Waals surface area contributed by atoms with E-state index in [0.29, 0.717) is 19.0 Å². The minimum absolute atomic E-state index is 0.0206. The van der Waals surface area contributed by atoms with Crippen LogP contribution in [0.25, 0.3) is 10.9 Å². The van der Waals surface area contributed by atoms with Crippen LogP contribution in [0.1, 0.15) is 19.8 Å². The number of halogens is 2. The van der Waals surface area contributed by atoms with Crippen LogP contribution >= 0.6 is 31.9 Å². The topological polar surface area (TPSA) is 56.2 Å². The zero-order valence-corrected chi connectivity index (χ0v) is 19.3. The molecule has 138 valence electrons. The Kier molecular flexibility index (Phi) is 7.25. The molecular formula is C17H25Br2N3O2Si. The van der Waals surface area contributed by atoms with E-state index in [0.717, 1.165) is 38.9 Å². The number of anilines is 1. The highest BCUT2D eigenvalue weighted by atomic mass is 79.9. The summed E-state index contributed by atoms with van der Waals surface area (Å²) in [4.78, 5) is 12.0. The van der Waals surface area contributed by atoms with Gasteiger partial charge in [0.15, 0.2) is 5.82 Å². The Bertz CT molecular complexity index is 756. The Morgan fingerprint density at radius 1 is 1.28 bits per heavy atom. The van der Waals surface area contributed by atoms with Crippen LogP contribution in [0.15, 0.2) is 21.1 Å². The first-order valence-corrected chi connectivity index (χ1v) is 13.7. The molecule has 0 aliphatic carbocycles. The Hall–Kier alpha value is -0.703. The van der Waals surface area contributed by atoms with E-state index in [-0.39, 0.29) is 5.91 Å². The molecule has 0 fully saturated rings. The molecule has 0 aliphatic rings. The third kappa shape index (κ3) is 5.91. The number of carbonyl (C=O) groups is 1. The summed E-state index contributed by atoms with van der Waals surface area (Å²) in [6.07, 6.45) is 1.29. The van der Waals surface area contributed by atoms with Crippen LogP contribution in [0.4, 0.5) is 5.82 Å². The molecule has 0 radical (unpaired) electrons. The molecule has 0 unspecified atom stereocenters. The predicted molar refractivity (Wildman–Crippen MR) is 113 cm³/mol. The number of hydrogen-bond donors (Lipinski definition) is 1. The van der Waals surface area contributed by atoms with Gasteiger partial charge >= 0.3 is 0 Å². The van der Waals surface area contributed by atoms with Gasteiger partial charge in [-0.1, -0.05) is 26.6 Å². The van der Waals surface area contributed by atoms with Crippen molar-refractivity contribution >= 4 is 62.6 Å². The van der Waals surface area contributed by atoms with E-state index in [1.165, 1.54) is 0 Å². The number of benzene rings is 1. The molecule has 2 aromatic rings. The zero-order valence-electron chi connectivity index (χ0n) is 15.2. The number of aromatic nitrogens is 2. The van der Waals surface area contributed by atoms with Gasteiger partial charge in [0.2, 0.25) is 5.91 Å². The normalized spacial score (nSPS) is 11.9. The van der Waals surface area contributed by atoms with Crippen molar-refractivity contribution in [2.45, 2.75) is 52.2 Å². The summed E-state index contributed by atoms with van der Waals surface area (Å²) in [7, 11) is -1.12. The van der Waals surface area contributed by atoms with Crippen LogP contribution in [0.5, 0.6) is 0 Å². The van der Waals surface area contributed by atoms with Gasteiger partial charge in [-0.2, -0.15) is 5.10 Å². The highest BCUT2D eigenvalue weighted by Crippen LogP contribution is 2.32. The summed E-state index contributed by atoms with van der Waals surface area (Å²) in [5.74, 6) is 0.559. The van der Waals surface area contributed by atoms with Gasteiger partial charge in [0.25, 0.3) is 0 Å². The number of amides is 1. The van der Waals surface area contributed by atoms with Crippen LogP contribution in [0, 0.1) is 0 Å². The summed E-state index contributed by atoms with van der Waals surface area (Å²) in [6.45, 7) is 10.1.